The molecule has 0 aromatic carbocycles. The van der Waals surface area contributed by atoms with Crippen LogP contribution in [0.1, 0.15) is 36.4 Å². The molecule has 5 nitrogen and oxygen atoms in total. The number of hydrogen-bond acceptors (Lipinski definition) is 4. The van der Waals surface area contributed by atoms with Crippen LogP contribution in [-0.4, -0.2) is 44.3 Å². The van der Waals surface area contributed by atoms with Crippen LogP contribution in [0.3, 0.4) is 0 Å². The quantitative estimate of drug-likeness (QED) is 0.394. The average Bonchev–Trinajstić information content (AvgIpc) is 3.25. The number of aliphatic imine (C=N–C) groups is 1. The number of aryl methyl sites for hydroxylation is 2. The summed E-state index contributed by atoms with van der Waals surface area (Å²) in [6.07, 6.45) is 5.83. The second-order valence-electron chi connectivity index (χ2n) is 5.78. The standard InChI is InChI=1S/C16H28N4OS/c1-13-12-22-15(20-13)5-3-8-18-16(17-2)19-9-4-10-21-11-14-6-7-14/h12,14H,3-11H2,1-2H3,(H2,17,18,19). The van der Waals surface area contributed by atoms with Gasteiger partial charge in [0.05, 0.1) is 5.01 Å². The molecule has 1 fully saturated rings. The number of nitrogens with zero attached hydrogens (tertiary/aromatic N) is 2. The molecule has 0 saturated heterocycles. The van der Waals surface area contributed by atoms with Crippen LogP contribution >= 0.6 is 11.3 Å². The van der Waals surface area contributed by atoms with Crippen LogP contribution in [0.4, 0.5) is 0 Å². The topological polar surface area (TPSA) is 58.5 Å². The van der Waals surface area contributed by atoms with E-state index in [1.54, 1.807) is 11.3 Å². The summed E-state index contributed by atoms with van der Waals surface area (Å²) in [7, 11) is 1.81. The maximum Gasteiger partial charge on any atom is 0.190 e. The SMILES string of the molecule is CN=C(NCCCOCC1CC1)NCCCc1nc(C)cs1. The van der Waals surface area contributed by atoms with E-state index < -0.39 is 0 Å². The van der Waals surface area contributed by atoms with Crippen LogP contribution < -0.4 is 10.6 Å². The first-order valence-electron chi connectivity index (χ1n) is 8.21. The van der Waals surface area contributed by atoms with E-state index in [9.17, 15) is 0 Å². The van der Waals surface area contributed by atoms with Crippen molar-refractivity contribution in [1.82, 2.24) is 15.6 Å². The predicted molar refractivity (Wildman–Crippen MR) is 92.7 cm³/mol. The molecule has 6 heteroatoms. The van der Waals surface area contributed by atoms with Crippen molar-refractivity contribution in [3.63, 3.8) is 0 Å². The van der Waals surface area contributed by atoms with Gasteiger partial charge < -0.3 is 15.4 Å². The minimum absolute atomic E-state index is 0.837. The van der Waals surface area contributed by atoms with Gasteiger partial charge in [-0.15, -0.1) is 11.3 Å². The Morgan fingerprint density at radius 1 is 1.36 bits per heavy atom. The van der Waals surface area contributed by atoms with Crippen LogP contribution in [0.25, 0.3) is 0 Å². The zero-order valence-electron chi connectivity index (χ0n) is 13.7. The molecule has 124 valence electrons. The second-order valence-corrected chi connectivity index (χ2v) is 6.73. The van der Waals surface area contributed by atoms with Gasteiger partial charge in [-0.05, 0) is 38.5 Å². The summed E-state index contributed by atoms with van der Waals surface area (Å²) in [6.45, 7) is 5.64. The van der Waals surface area contributed by atoms with E-state index in [2.05, 4.69) is 26.0 Å². The van der Waals surface area contributed by atoms with Crippen molar-refractivity contribution in [2.45, 2.75) is 39.0 Å². The first-order chi connectivity index (χ1) is 10.8. The molecule has 1 aliphatic rings. The lowest BCUT2D eigenvalue weighted by Crippen LogP contribution is -2.38. The van der Waals surface area contributed by atoms with E-state index in [0.717, 1.165) is 63.1 Å². The molecule has 0 amide bonds. The smallest absolute Gasteiger partial charge is 0.190 e. The number of aromatic nitrogens is 1. The normalized spacial score (nSPS) is 15.1. The van der Waals surface area contributed by atoms with E-state index in [0.29, 0.717) is 0 Å². The summed E-state index contributed by atoms with van der Waals surface area (Å²) in [5, 5.41) is 9.99. The van der Waals surface area contributed by atoms with Crippen molar-refractivity contribution in [3.8, 4) is 0 Å². The number of thiazole rings is 1. The zero-order chi connectivity index (χ0) is 15.6. The highest BCUT2D eigenvalue weighted by atomic mass is 32.1. The van der Waals surface area contributed by atoms with E-state index in [1.807, 2.05) is 14.0 Å². The minimum Gasteiger partial charge on any atom is -0.381 e. The van der Waals surface area contributed by atoms with Gasteiger partial charge in [0, 0.05) is 50.8 Å². The number of rotatable bonds is 10. The minimum atomic E-state index is 0.837. The molecule has 1 aliphatic carbocycles. The molecule has 0 radical (unpaired) electrons. The molecule has 0 bridgehead atoms. The summed E-state index contributed by atoms with van der Waals surface area (Å²) in [6, 6.07) is 0. The Kier molecular flexibility index (Phi) is 7.66. The number of guanidine groups is 1. The Labute approximate surface area is 137 Å². The fraction of sp³-hybridized carbons (Fsp3) is 0.750. The summed E-state index contributed by atoms with van der Waals surface area (Å²) in [4.78, 5) is 8.71. The zero-order valence-corrected chi connectivity index (χ0v) is 14.5. The van der Waals surface area contributed by atoms with Gasteiger partial charge in [-0.25, -0.2) is 4.98 Å². The molecule has 0 unspecified atom stereocenters. The van der Waals surface area contributed by atoms with Crippen LogP contribution in [-0.2, 0) is 11.2 Å². The van der Waals surface area contributed by atoms with Gasteiger partial charge in [-0.3, -0.25) is 4.99 Å². The first-order valence-corrected chi connectivity index (χ1v) is 9.09. The molecule has 1 aromatic rings. The first kappa shape index (κ1) is 17.2. The predicted octanol–water partition coefficient (Wildman–Crippen LogP) is 2.37. The molecule has 1 heterocycles. The molecule has 1 saturated carbocycles. The highest BCUT2D eigenvalue weighted by molar-refractivity contribution is 7.09. The molecular formula is C16H28N4OS. The molecule has 0 atom stereocenters. The lowest BCUT2D eigenvalue weighted by Gasteiger charge is -2.11. The number of nitrogens with one attached hydrogen (secondary N) is 2. The van der Waals surface area contributed by atoms with Gasteiger partial charge in [0.1, 0.15) is 0 Å². The van der Waals surface area contributed by atoms with Gasteiger partial charge >= 0.3 is 0 Å². The van der Waals surface area contributed by atoms with E-state index in [1.165, 1.54) is 17.8 Å². The molecule has 0 aliphatic heterocycles. The largest absolute Gasteiger partial charge is 0.381 e. The summed E-state index contributed by atoms with van der Waals surface area (Å²) in [5.41, 5.74) is 1.12. The molecule has 1 aromatic heterocycles. The van der Waals surface area contributed by atoms with Crippen LogP contribution in [0.15, 0.2) is 10.4 Å². The maximum absolute atomic E-state index is 5.62. The molecule has 22 heavy (non-hydrogen) atoms. The third-order valence-electron chi connectivity index (χ3n) is 3.56. The van der Waals surface area contributed by atoms with Gasteiger partial charge in [0.15, 0.2) is 5.96 Å². The Morgan fingerprint density at radius 3 is 2.77 bits per heavy atom. The Morgan fingerprint density at radius 2 is 2.14 bits per heavy atom. The Balaban J connectivity index is 1.45. The van der Waals surface area contributed by atoms with Crippen molar-refractivity contribution in [1.29, 1.82) is 0 Å². The van der Waals surface area contributed by atoms with E-state index in [4.69, 9.17) is 4.74 Å². The molecular weight excluding hydrogens is 296 g/mol. The third-order valence-corrected chi connectivity index (χ3v) is 4.58. The fourth-order valence-corrected chi connectivity index (χ4v) is 2.92. The van der Waals surface area contributed by atoms with E-state index >= 15 is 0 Å². The van der Waals surface area contributed by atoms with Crippen molar-refractivity contribution in [2.75, 3.05) is 33.4 Å². The lowest BCUT2D eigenvalue weighted by atomic mass is 10.3. The molecule has 2 rings (SSSR count). The molecule has 2 N–H and O–H groups in total. The van der Waals surface area contributed by atoms with Crippen LogP contribution in [0, 0.1) is 12.8 Å². The third kappa shape index (κ3) is 7.22. The van der Waals surface area contributed by atoms with E-state index in [-0.39, 0.29) is 0 Å². The number of ether oxygens (including phenoxy) is 1. The highest BCUT2D eigenvalue weighted by Crippen LogP contribution is 2.28. The van der Waals surface area contributed by atoms with Gasteiger partial charge in [-0.2, -0.15) is 0 Å². The molecule has 0 spiro atoms. The Hall–Kier alpha value is -1.14. The maximum atomic E-state index is 5.62. The van der Waals surface area contributed by atoms with Gasteiger partial charge in [0.2, 0.25) is 0 Å². The van der Waals surface area contributed by atoms with Crippen molar-refractivity contribution >= 4 is 17.3 Å². The monoisotopic (exact) mass is 324 g/mol. The summed E-state index contributed by atoms with van der Waals surface area (Å²) < 4.78 is 5.62. The van der Waals surface area contributed by atoms with Gasteiger partial charge in [0.25, 0.3) is 0 Å². The van der Waals surface area contributed by atoms with Crippen molar-refractivity contribution in [2.24, 2.45) is 10.9 Å². The second kappa shape index (κ2) is 9.79. The summed E-state index contributed by atoms with van der Waals surface area (Å²) >= 11 is 1.74. The highest BCUT2D eigenvalue weighted by Gasteiger charge is 2.20. The van der Waals surface area contributed by atoms with Crippen molar-refractivity contribution in [3.05, 3.63) is 16.1 Å². The summed E-state index contributed by atoms with van der Waals surface area (Å²) in [5.74, 6) is 1.72. The van der Waals surface area contributed by atoms with Crippen LogP contribution in [0.5, 0.6) is 0 Å². The average molecular weight is 324 g/mol. The Bertz CT molecular complexity index is 457. The van der Waals surface area contributed by atoms with Crippen LogP contribution in [0.2, 0.25) is 0 Å². The fourth-order valence-electron chi connectivity index (χ4n) is 2.10. The number of hydrogen-bond donors (Lipinski definition) is 2. The van der Waals surface area contributed by atoms with Crippen molar-refractivity contribution < 1.29 is 4.74 Å². The van der Waals surface area contributed by atoms with Gasteiger partial charge in [-0.1, -0.05) is 0 Å². The lowest BCUT2D eigenvalue weighted by molar-refractivity contribution is 0.123.